The summed E-state index contributed by atoms with van der Waals surface area (Å²) in [4.78, 5) is 16.8. The third-order valence-electron chi connectivity index (χ3n) is 4.78. The van der Waals surface area contributed by atoms with Gasteiger partial charge in [0.15, 0.2) is 11.5 Å². The third kappa shape index (κ3) is 4.94. The number of fused-ring (bicyclic) bond motifs is 1. The number of nitrogens with one attached hydrogen (secondary N) is 1. The molecule has 4 rings (SSSR count). The van der Waals surface area contributed by atoms with E-state index in [0.29, 0.717) is 48.6 Å². The zero-order valence-corrected chi connectivity index (χ0v) is 17.5. The number of hydrogen-bond acceptors (Lipinski definition) is 5. The average Bonchev–Trinajstić information content (AvgIpc) is 3.05. The average molecular weight is 427 g/mol. The maximum atomic E-state index is 12.3. The second-order valence-corrected chi connectivity index (χ2v) is 7.65. The number of halogens is 1. The van der Waals surface area contributed by atoms with Crippen LogP contribution in [0.5, 0.6) is 11.5 Å². The van der Waals surface area contributed by atoms with Gasteiger partial charge >= 0.3 is 0 Å². The van der Waals surface area contributed by atoms with Gasteiger partial charge in [-0.05, 0) is 36.8 Å². The highest BCUT2D eigenvalue weighted by molar-refractivity contribution is 6.32. The van der Waals surface area contributed by atoms with Crippen LogP contribution < -0.4 is 14.8 Å². The second kappa shape index (κ2) is 9.22. The molecule has 1 aliphatic heterocycles. The molecule has 1 aromatic heterocycles. The normalized spacial score (nSPS) is 13.0. The van der Waals surface area contributed by atoms with Crippen molar-refractivity contribution in [2.24, 2.45) is 0 Å². The minimum atomic E-state index is -0.0946. The fourth-order valence-electron chi connectivity index (χ4n) is 3.21. The summed E-state index contributed by atoms with van der Waals surface area (Å²) in [6.45, 7) is 3.65. The molecule has 0 saturated carbocycles. The van der Waals surface area contributed by atoms with Crippen LogP contribution in [-0.4, -0.2) is 30.6 Å². The van der Waals surface area contributed by atoms with E-state index in [-0.39, 0.29) is 12.3 Å². The van der Waals surface area contributed by atoms with E-state index in [4.69, 9.17) is 25.5 Å². The highest BCUT2D eigenvalue weighted by Gasteiger charge is 2.17. The number of nitrogens with zero attached hydrogens (tertiary/aromatic N) is 1. The van der Waals surface area contributed by atoms with Gasteiger partial charge in [0.25, 0.3) is 0 Å². The number of ether oxygens (including phenoxy) is 2. The van der Waals surface area contributed by atoms with E-state index in [2.05, 4.69) is 10.3 Å². The lowest BCUT2D eigenvalue weighted by Gasteiger charge is -2.11. The minimum absolute atomic E-state index is 0.0946. The lowest BCUT2D eigenvalue weighted by molar-refractivity contribution is -0.120. The smallest absolute Gasteiger partial charge is 0.226 e. The molecule has 30 heavy (non-hydrogen) atoms. The van der Waals surface area contributed by atoms with Crippen molar-refractivity contribution in [3.63, 3.8) is 0 Å². The summed E-state index contributed by atoms with van der Waals surface area (Å²) in [6, 6.07) is 11.6. The first-order chi connectivity index (χ1) is 14.6. The number of carbonyl (C=O) groups excluding carboxylic acids is 1. The topological polar surface area (TPSA) is 73.6 Å². The van der Waals surface area contributed by atoms with Crippen LogP contribution in [0.4, 0.5) is 0 Å². The highest BCUT2D eigenvalue weighted by atomic mass is 35.5. The number of carbonyl (C=O) groups is 1. The Balaban J connectivity index is 1.30. The SMILES string of the molecule is Cc1ccc(-c2nc(CCNC(=O)Cc3cc(Cl)c4c(c3)OCCCO4)co2)cc1. The summed E-state index contributed by atoms with van der Waals surface area (Å²) in [5.41, 5.74) is 3.69. The van der Waals surface area contributed by atoms with Gasteiger partial charge in [-0.1, -0.05) is 29.3 Å². The number of oxazole rings is 1. The quantitative estimate of drug-likeness (QED) is 0.633. The van der Waals surface area contributed by atoms with Crippen LogP contribution in [0.25, 0.3) is 11.5 Å². The maximum Gasteiger partial charge on any atom is 0.226 e. The van der Waals surface area contributed by atoms with Crippen molar-refractivity contribution in [3.8, 4) is 23.0 Å². The van der Waals surface area contributed by atoms with Crippen molar-refractivity contribution in [1.29, 1.82) is 0 Å². The van der Waals surface area contributed by atoms with E-state index in [1.165, 1.54) is 5.56 Å². The fourth-order valence-corrected chi connectivity index (χ4v) is 3.50. The Kier molecular flexibility index (Phi) is 6.23. The molecule has 2 aromatic carbocycles. The fraction of sp³-hybridized carbons (Fsp3) is 0.304. The molecule has 3 aromatic rings. The van der Waals surface area contributed by atoms with E-state index >= 15 is 0 Å². The van der Waals surface area contributed by atoms with Crippen molar-refractivity contribution in [2.75, 3.05) is 19.8 Å². The van der Waals surface area contributed by atoms with Gasteiger partial charge in [0.1, 0.15) is 6.26 Å². The van der Waals surface area contributed by atoms with Crippen LogP contribution in [-0.2, 0) is 17.6 Å². The van der Waals surface area contributed by atoms with Gasteiger partial charge in [-0.3, -0.25) is 4.79 Å². The second-order valence-electron chi connectivity index (χ2n) is 7.24. The summed E-state index contributed by atoms with van der Waals surface area (Å²) in [5.74, 6) is 1.63. The van der Waals surface area contributed by atoms with E-state index in [9.17, 15) is 4.79 Å². The first-order valence-corrected chi connectivity index (χ1v) is 10.3. The molecule has 0 bridgehead atoms. The molecule has 156 valence electrons. The summed E-state index contributed by atoms with van der Waals surface area (Å²) < 4.78 is 16.9. The molecule has 1 aliphatic rings. The molecule has 7 heteroatoms. The molecule has 0 spiro atoms. The molecule has 1 N–H and O–H groups in total. The molecular weight excluding hydrogens is 404 g/mol. The predicted molar refractivity (Wildman–Crippen MR) is 114 cm³/mol. The summed E-state index contributed by atoms with van der Waals surface area (Å²) in [6.07, 6.45) is 3.23. The molecule has 0 fully saturated rings. The molecule has 0 atom stereocenters. The van der Waals surface area contributed by atoms with E-state index in [1.807, 2.05) is 37.3 Å². The van der Waals surface area contributed by atoms with Crippen LogP contribution >= 0.6 is 11.6 Å². The monoisotopic (exact) mass is 426 g/mol. The number of amides is 1. The van der Waals surface area contributed by atoms with Crippen molar-refractivity contribution in [1.82, 2.24) is 10.3 Å². The minimum Gasteiger partial charge on any atom is -0.489 e. The highest BCUT2D eigenvalue weighted by Crippen LogP contribution is 2.38. The number of rotatable bonds is 6. The van der Waals surface area contributed by atoms with Crippen LogP contribution in [0.15, 0.2) is 47.1 Å². The lowest BCUT2D eigenvalue weighted by Crippen LogP contribution is -2.27. The van der Waals surface area contributed by atoms with Crippen LogP contribution in [0.1, 0.15) is 23.2 Å². The Morgan fingerprint density at radius 3 is 2.80 bits per heavy atom. The zero-order chi connectivity index (χ0) is 20.9. The van der Waals surface area contributed by atoms with Gasteiger partial charge in [0, 0.05) is 24.9 Å². The number of aryl methyl sites for hydroxylation is 1. The molecule has 6 nitrogen and oxygen atoms in total. The van der Waals surface area contributed by atoms with Crippen molar-refractivity contribution >= 4 is 17.5 Å². The number of hydrogen-bond donors (Lipinski definition) is 1. The Bertz CT molecular complexity index is 1030. The largest absolute Gasteiger partial charge is 0.489 e. The summed E-state index contributed by atoms with van der Waals surface area (Å²) in [5, 5.41) is 3.37. The third-order valence-corrected chi connectivity index (χ3v) is 5.06. The van der Waals surface area contributed by atoms with Crippen molar-refractivity contribution < 1.29 is 18.7 Å². The molecule has 0 radical (unpaired) electrons. The van der Waals surface area contributed by atoms with Gasteiger partial charge in [-0.15, -0.1) is 0 Å². The Morgan fingerprint density at radius 1 is 1.17 bits per heavy atom. The van der Waals surface area contributed by atoms with Gasteiger partial charge in [0.2, 0.25) is 11.8 Å². The number of benzene rings is 2. The van der Waals surface area contributed by atoms with E-state index in [1.54, 1.807) is 12.3 Å². The maximum absolute atomic E-state index is 12.3. The van der Waals surface area contributed by atoms with Crippen LogP contribution in [0.3, 0.4) is 0 Å². The van der Waals surface area contributed by atoms with E-state index in [0.717, 1.165) is 23.2 Å². The predicted octanol–water partition coefficient (Wildman–Crippen LogP) is 4.37. The Labute approximate surface area is 180 Å². The molecule has 0 unspecified atom stereocenters. The molecular formula is C23H23ClN2O4. The van der Waals surface area contributed by atoms with Gasteiger partial charge < -0.3 is 19.2 Å². The number of aromatic nitrogens is 1. The Morgan fingerprint density at radius 2 is 1.97 bits per heavy atom. The van der Waals surface area contributed by atoms with Crippen molar-refractivity contribution in [3.05, 3.63) is 64.5 Å². The van der Waals surface area contributed by atoms with Crippen molar-refractivity contribution in [2.45, 2.75) is 26.2 Å². The molecule has 0 aliphatic carbocycles. The zero-order valence-electron chi connectivity index (χ0n) is 16.7. The van der Waals surface area contributed by atoms with Gasteiger partial charge in [0.05, 0.1) is 30.4 Å². The molecule has 2 heterocycles. The van der Waals surface area contributed by atoms with Gasteiger partial charge in [-0.25, -0.2) is 4.98 Å². The van der Waals surface area contributed by atoms with Crippen LogP contribution in [0.2, 0.25) is 5.02 Å². The first-order valence-electron chi connectivity index (χ1n) is 9.94. The first kappa shape index (κ1) is 20.3. The van der Waals surface area contributed by atoms with Crippen LogP contribution in [0, 0.1) is 6.92 Å². The van der Waals surface area contributed by atoms with E-state index < -0.39 is 0 Å². The standard InChI is InChI=1S/C23H23ClN2O4/c1-15-3-5-17(6-4-15)23-26-18(14-30-23)7-8-25-21(27)13-16-11-19(24)22-20(12-16)28-9-2-10-29-22/h3-6,11-12,14H,2,7-10,13H2,1H3,(H,25,27). The Hall–Kier alpha value is -2.99. The molecule has 0 saturated heterocycles. The summed E-state index contributed by atoms with van der Waals surface area (Å²) >= 11 is 6.29. The lowest BCUT2D eigenvalue weighted by atomic mass is 10.1. The molecule has 1 amide bonds. The summed E-state index contributed by atoms with van der Waals surface area (Å²) in [7, 11) is 0. The van der Waals surface area contributed by atoms with Gasteiger partial charge in [-0.2, -0.15) is 0 Å².